The van der Waals surface area contributed by atoms with Gasteiger partial charge in [0, 0.05) is 30.2 Å². The second-order valence-corrected chi connectivity index (χ2v) is 5.83. The van der Waals surface area contributed by atoms with Crippen LogP contribution in [0.15, 0.2) is 18.2 Å². The monoisotopic (exact) mass is 266 g/mol. The molecule has 1 aromatic carbocycles. The summed E-state index contributed by atoms with van der Waals surface area (Å²) in [5.74, 6) is 0. The second-order valence-electron chi connectivity index (χ2n) is 5.43. The highest BCUT2D eigenvalue weighted by Crippen LogP contribution is 2.25. The summed E-state index contributed by atoms with van der Waals surface area (Å²) in [6, 6.07) is 7.51. The molecule has 100 valence electrons. The fourth-order valence-corrected chi connectivity index (χ4v) is 3.03. The molecule has 0 spiro atoms. The zero-order chi connectivity index (χ0) is 13.1. The van der Waals surface area contributed by atoms with Gasteiger partial charge in [-0.05, 0) is 43.9 Å². The van der Waals surface area contributed by atoms with Crippen LogP contribution in [-0.2, 0) is 6.54 Å². The topological polar surface area (TPSA) is 29.3 Å². The summed E-state index contributed by atoms with van der Waals surface area (Å²) in [6.07, 6.45) is 3.80. The van der Waals surface area contributed by atoms with Crippen molar-refractivity contribution >= 4 is 11.6 Å². The SMILES string of the molecule is Cc1ccc(CN2C(C)CCCC2CN)cc1Cl. The summed E-state index contributed by atoms with van der Waals surface area (Å²) in [7, 11) is 0. The number of likely N-dealkylation sites (tertiary alicyclic amines) is 1. The van der Waals surface area contributed by atoms with Gasteiger partial charge in [0.2, 0.25) is 0 Å². The van der Waals surface area contributed by atoms with E-state index in [1.54, 1.807) is 0 Å². The van der Waals surface area contributed by atoms with Gasteiger partial charge in [0.25, 0.3) is 0 Å². The Morgan fingerprint density at radius 3 is 2.83 bits per heavy atom. The number of nitrogens with zero attached hydrogens (tertiary/aromatic N) is 1. The van der Waals surface area contributed by atoms with Gasteiger partial charge >= 0.3 is 0 Å². The number of piperidine rings is 1. The van der Waals surface area contributed by atoms with Crippen LogP contribution in [0.2, 0.25) is 5.02 Å². The Hall–Kier alpha value is -0.570. The van der Waals surface area contributed by atoms with E-state index >= 15 is 0 Å². The first kappa shape index (κ1) is 13.9. The van der Waals surface area contributed by atoms with E-state index in [1.165, 1.54) is 24.8 Å². The van der Waals surface area contributed by atoms with E-state index in [9.17, 15) is 0 Å². The van der Waals surface area contributed by atoms with Crippen LogP contribution >= 0.6 is 11.6 Å². The predicted molar refractivity (Wildman–Crippen MR) is 77.9 cm³/mol. The lowest BCUT2D eigenvalue weighted by Crippen LogP contribution is -2.48. The van der Waals surface area contributed by atoms with Crippen LogP contribution in [0.1, 0.15) is 37.3 Å². The molecule has 1 fully saturated rings. The molecular weight excluding hydrogens is 244 g/mol. The molecule has 2 N–H and O–H groups in total. The number of hydrogen-bond acceptors (Lipinski definition) is 2. The zero-order valence-corrected chi connectivity index (χ0v) is 12.1. The molecule has 2 unspecified atom stereocenters. The minimum absolute atomic E-state index is 0.522. The summed E-state index contributed by atoms with van der Waals surface area (Å²) < 4.78 is 0. The van der Waals surface area contributed by atoms with Crippen molar-refractivity contribution in [3.63, 3.8) is 0 Å². The van der Waals surface area contributed by atoms with E-state index in [1.807, 2.05) is 6.92 Å². The average Bonchev–Trinajstić information content (AvgIpc) is 2.36. The van der Waals surface area contributed by atoms with Crippen LogP contribution in [0.4, 0.5) is 0 Å². The molecule has 0 aliphatic carbocycles. The zero-order valence-electron chi connectivity index (χ0n) is 11.3. The van der Waals surface area contributed by atoms with E-state index in [2.05, 4.69) is 30.0 Å². The molecule has 2 nitrogen and oxygen atoms in total. The Balaban J connectivity index is 2.12. The lowest BCUT2D eigenvalue weighted by atomic mass is 9.95. The molecule has 2 atom stereocenters. The first-order chi connectivity index (χ1) is 8.61. The summed E-state index contributed by atoms with van der Waals surface area (Å²) >= 11 is 6.19. The molecule has 1 heterocycles. The van der Waals surface area contributed by atoms with Crippen LogP contribution in [0, 0.1) is 6.92 Å². The molecule has 0 aromatic heterocycles. The summed E-state index contributed by atoms with van der Waals surface area (Å²) in [6.45, 7) is 6.06. The number of aryl methyl sites for hydroxylation is 1. The van der Waals surface area contributed by atoms with Gasteiger partial charge in [-0.25, -0.2) is 0 Å². The van der Waals surface area contributed by atoms with Gasteiger partial charge in [0.15, 0.2) is 0 Å². The Bertz CT molecular complexity index is 405. The average molecular weight is 267 g/mol. The maximum Gasteiger partial charge on any atom is 0.0438 e. The highest BCUT2D eigenvalue weighted by molar-refractivity contribution is 6.31. The third-order valence-corrected chi connectivity index (χ3v) is 4.48. The van der Waals surface area contributed by atoms with Gasteiger partial charge in [0.05, 0.1) is 0 Å². The van der Waals surface area contributed by atoms with E-state index in [4.69, 9.17) is 17.3 Å². The van der Waals surface area contributed by atoms with Crippen LogP contribution < -0.4 is 5.73 Å². The van der Waals surface area contributed by atoms with Gasteiger partial charge < -0.3 is 5.73 Å². The lowest BCUT2D eigenvalue weighted by Gasteiger charge is -2.40. The second kappa shape index (κ2) is 6.05. The van der Waals surface area contributed by atoms with Gasteiger partial charge in [-0.2, -0.15) is 0 Å². The minimum atomic E-state index is 0.522. The first-order valence-electron chi connectivity index (χ1n) is 6.82. The van der Waals surface area contributed by atoms with Crippen LogP contribution in [0.5, 0.6) is 0 Å². The van der Waals surface area contributed by atoms with Crippen molar-refractivity contribution in [1.29, 1.82) is 0 Å². The highest BCUT2D eigenvalue weighted by atomic mass is 35.5. The number of rotatable bonds is 3. The molecule has 0 saturated carbocycles. The summed E-state index contributed by atoms with van der Waals surface area (Å²) in [4.78, 5) is 2.53. The largest absolute Gasteiger partial charge is 0.329 e. The fourth-order valence-electron chi connectivity index (χ4n) is 2.82. The van der Waals surface area contributed by atoms with Crippen molar-refractivity contribution in [2.45, 2.75) is 51.7 Å². The van der Waals surface area contributed by atoms with Crippen molar-refractivity contribution in [1.82, 2.24) is 4.90 Å². The summed E-state index contributed by atoms with van der Waals surface area (Å²) in [5, 5.41) is 0.862. The highest BCUT2D eigenvalue weighted by Gasteiger charge is 2.26. The maximum absolute atomic E-state index is 6.19. The van der Waals surface area contributed by atoms with E-state index in [0.717, 1.165) is 23.7 Å². The normalized spacial score (nSPS) is 25.3. The fraction of sp³-hybridized carbons (Fsp3) is 0.600. The van der Waals surface area contributed by atoms with Crippen molar-refractivity contribution in [2.75, 3.05) is 6.54 Å². The minimum Gasteiger partial charge on any atom is -0.329 e. The first-order valence-corrected chi connectivity index (χ1v) is 7.20. The quantitative estimate of drug-likeness (QED) is 0.909. The molecular formula is C15H23ClN2. The van der Waals surface area contributed by atoms with Gasteiger partial charge in [-0.3, -0.25) is 4.90 Å². The van der Waals surface area contributed by atoms with Crippen molar-refractivity contribution in [3.8, 4) is 0 Å². The van der Waals surface area contributed by atoms with E-state index < -0.39 is 0 Å². The van der Waals surface area contributed by atoms with E-state index in [-0.39, 0.29) is 0 Å². The molecule has 1 aliphatic heterocycles. The molecule has 0 bridgehead atoms. The molecule has 1 aliphatic rings. The maximum atomic E-state index is 6.19. The van der Waals surface area contributed by atoms with Gasteiger partial charge in [-0.1, -0.05) is 30.2 Å². The van der Waals surface area contributed by atoms with Gasteiger partial charge in [-0.15, -0.1) is 0 Å². The Morgan fingerprint density at radius 2 is 2.17 bits per heavy atom. The third-order valence-electron chi connectivity index (χ3n) is 4.07. The third kappa shape index (κ3) is 3.05. The Morgan fingerprint density at radius 1 is 1.39 bits per heavy atom. The number of halogens is 1. The number of benzene rings is 1. The van der Waals surface area contributed by atoms with Crippen molar-refractivity contribution in [2.24, 2.45) is 5.73 Å². The van der Waals surface area contributed by atoms with Crippen molar-refractivity contribution in [3.05, 3.63) is 34.3 Å². The van der Waals surface area contributed by atoms with Crippen molar-refractivity contribution < 1.29 is 0 Å². The standard InChI is InChI=1S/C15H23ClN2/c1-11-6-7-13(8-15(11)16)10-18-12(2)4-3-5-14(18)9-17/h6-8,12,14H,3-5,9-10,17H2,1-2H3. The molecule has 3 heteroatoms. The summed E-state index contributed by atoms with van der Waals surface area (Å²) in [5.41, 5.74) is 8.33. The molecule has 0 radical (unpaired) electrons. The molecule has 1 saturated heterocycles. The van der Waals surface area contributed by atoms with Gasteiger partial charge in [0.1, 0.15) is 0 Å². The molecule has 2 rings (SSSR count). The van der Waals surface area contributed by atoms with E-state index in [0.29, 0.717) is 12.1 Å². The smallest absolute Gasteiger partial charge is 0.0438 e. The predicted octanol–water partition coefficient (Wildman–Crippen LogP) is 3.35. The molecule has 0 amide bonds. The van der Waals surface area contributed by atoms with Crippen LogP contribution in [-0.4, -0.2) is 23.5 Å². The number of hydrogen-bond donors (Lipinski definition) is 1. The molecule has 1 aromatic rings. The lowest BCUT2D eigenvalue weighted by molar-refractivity contribution is 0.0892. The van der Waals surface area contributed by atoms with Crippen LogP contribution in [0.3, 0.4) is 0 Å². The Labute approximate surface area is 115 Å². The Kier molecular flexibility index (Phi) is 4.66. The number of nitrogens with two attached hydrogens (primary N) is 1. The molecule has 18 heavy (non-hydrogen) atoms. The van der Waals surface area contributed by atoms with Crippen LogP contribution in [0.25, 0.3) is 0 Å².